The molecule has 0 amide bonds. The van der Waals surface area contributed by atoms with Crippen LogP contribution >= 0.6 is 0 Å². The van der Waals surface area contributed by atoms with Crippen LogP contribution in [0.1, 0.15) is 43.8 Å². The van der Waals surface area contributed by atoms with Gasteiger partial charge in [-0.05, 0) is 38.0 Å². The number of hydrogen-bond donors (Lipinski definition) is 1. The van der Waals surface area contributed by atoms with Gasteiger partial charge < -0.3 is 9.84 Å². The van der Waals surface area contributed by atoms with Crippen LogP contribution < -0.4 is 4.74 Å². The van der Waals surface area contributed by atoms with Crippen LogP contribution in [0.5, 0.6) is 5.75 Å². The smallest absolute Gasteiger partial charge is 0.126 e. The molecule has 0 aliphatic carbocycles. The van der Waals surface area contributed by atoms with E-state index in [1.165, 1.54) is 0 Å². The van der Waals surface area contributed by atoms with E-state index in [1.807, 2.05) is 22.9 Å². The Hall–Kier alpha value is -1.81. The third kappa shape index (κ3) is 2.56. The minimum absolute atomic E-state index is 0.611. The van der Waals surface area contributed by atoms with Gasteiger partial charge in [0, 0.05) is 11.3 Å². The van der Waals surface area contributed by atoms with Crippen LogP contribution in [0.4, 0.5) is 0 Å². The van der Waals surface area contributed by atoms with Gasteiger partial charge in [0.25, 0.3) is 0 Å². The van der Waals surface area contributed by atoms with E-state index in [2.05, 4.69) is 25.0 Å². The van der Waals surface area contributed by atoms with Gasteiger partial charge >= 0.3 is 0 Å². The van der Waals surface area contributed by atoms with Gasteiger partial charge in [0.15, 0.2) is 0 Å². The number of aliphatic hydroxyl groups is 1. The van der Waals surface area contributed by atoms with Crippen molar-refractivity contribution >= 4 is 0 Å². The van der Waals surface area contributed by atoms with Crippen molar-refractivity contribution in [2.24, 2.45) is 0 Å². The molecule has 0 aliphatic heterocycles. The highest BCUT2D eigenvalue weighted by molar-refractivity contribution is 5.51. The summed E-state index contributed by atoms with van der Waals surface area (Å²) in [4.78, 5) is 0. The topological polar surface area (TPSA) is 47.3 Å². The number of rotatable bonds is 5. The predicted molar refractivity (Wildman–Crippen MR) is 79.5 cm³/mol. The normalized spacial score (nSPS) is 12.4. The first-order valence-corrected chi connectivity index (χ1v) is 7.05. The van der Waals surface area contributed by atoms with E-state index >= 15 is 0 Å². The van der Waals surface area contributed by atoms with Crippen molar-refractivity contribution in [2.75, 3.05) is 7.11 Å². The molecule has 0 bridgehead atoms. The molecule has 1 N–H and O–H groups in total. The molecule has 0 aliphatic rings. The van der Waals surface area contributed by atoms with E-state index < -0.39 is 6.10 Å². The second-order valence-corrected chi connectivity index (χ2v) is 4.81. The van der Waals surface area contributed by atoms with Crippen molar-refractivity contribution in [2.45, 2.75) is 39.7 Å². The third-order valence-electron chi connectivity index (χ3n) is 3.47. The van der Waals surface area contributed by atoms with Gasteiger partial charge in [0.1, 0.15) is 5.75 Å². The first-order valence-electron chi connectivity index (χ1n) is 7.05. The summed E-state index contributed by atoms with van der Waals surface area (Å²) < 4.78 is 7.29. The monoisotopic (exact) mass is 274 g/mol. The number of nitrogens with zero attached hydrogens (tertiary/aromatic N) is 2. The van der Waals surface area contributed by atoms with Crippen LogP contribution in [0, 0.1) is 0 Å². The summed E-state index contributed by atoms with van der Waals surface area (Å²) in [6, 6.07) is 7.87. The molecule has 1 atom stereocenters. The lowest BCUT2D eigenvalue weighted by Gasteiger charge is -2.17. The fraction of sp³-hybridized carbons (Fsp3) is 0.438. The average molecular weight is 274 g/mol. The van der Waals surface area contributed by atoms with Crippen molar-refractivity contribution < 1.29 is 9.84 Å². The second-order valence-electron chi connectivity index (χ2n) is 4.81. The first-order chi connectivity index (χ1) is 9.62. The van der Waals surface area contributed by atoms with E-state index in [0.29, 0.717) is 5.75 Å². The highest BCUT2D eigenvalue weighted by atomic mass is 16.5. The maximum absolute atomic E-state index is 10.1. The van der Waals surface area contributed by atoms with Gasteiger partial charge in [-0.3, -0.25) is 0 Å². The summed E-state index contributed by atoms with van der Waals surface area (Å²) in [6.45, 7) is 5.94. The fourth-order valence-corrected chi connectivity index (χ4v) is 2.42. The van der Waals surface area contributed by atoms with Gasteiger partial charge in [-0.1, -0.05) is 19.9 Å². The Labute approximate surface area is 120 Å². The molecule has 108 valence electrons. The molecule has 4 nitrogen and oxygen atoms in total. The highest BCUT2D eigenvalue weighted by Crippen LogP contribution is 2.31. The van der Waals surface area contributed by atoms with Crippen LogP contribution in [-0.2, 0) is 12.8 Å². The Morgan fingerprint density at radius 3 is 2.60 bits per heavy atom. The van der Waals surface area contributed by atoms with Crippen molar-refractivity contribution in [3.63, 3.8) is 0 Å². The Balaban J connectivity index is 2.65. The van der Waals surface area contributed by atoms with Crippen LogP contribution in [0.15, 0.2) is 24.3 Å². The molecule has 0 unspecified atom stereocenters. The zero-order chi connectivity index (χ0) is 14.7. The van der Waals surface area contributed by atoms with Crippen molar-refractivity contribution in [1.82, 2.24) is 9.78 Å². The fourth-order valence-electron chi connectivity index (χ4n) is 2.42. The molecule has 1 aromatic carbocycles. The van der Waals surface area contributed by atoms with Gasteiger partial charge in [-0.15, -0.1) is 0 Å². The van der Waals surface area contributed by atoms with Crippen LogP contribution in [0.2, 0.25) is 0 Å². The standard InChI is InChI=1S/C16H22N2O2/c1-5-12-10-13(6-2)18(17-12)14-8-7-9-15(20-4)16(14)11(3)19/h7-11,19H,5-6H2,1-4H3/t11-/m0/s1. The molecule has 1 heterocycles. The van der Waals surface area contributed by atoms with Gasteiger partial charge in [0.2, 0.25) is 0 Å². The van der Waals surface area contributed by atoms with E-state index in [9.17, 15) is 5.11 Å². The van der Waals surface area contributed by atoms with Crippen LogP contribution in [0.25, 0.3) is 5.69 Å². The molecular formula is C16H22N2O2. The molecule has 2 aromatic rings. The molecule has 0 spiro atoms. The van der Waals surface area contributed by atoms with Gasteiger partial charge in [-0.2, -0.15) is 5.10 Å². The third-order valence-corrected chi connectivity index (χ3v) is 3.47. The SMILES string of the molecule is CCc1cc(CC)n(-c2cccc(OC)c2[C@H](C)O)n1. The van der Waals surface area contributed by atoms with Crippen molar-refractivity contribution in [3.8, 4) is 11.4 Å². The van der Waals surface area contributed by atoms with Gasteiger partial charge in [-0.25, -0.2) is 4.68 Å². The molecule has 4 heteroatoms. The minimum atomic E-state index is -0.611. The summed E-state index contributed by atoms with van der Waals surface area (Å²) in [6.07, 6.45) is 1.18. The van der Waals surface area contributed by atoms with E-state index in [4.69, 9.17) is 4.74 Å². The number of benzene rings is 1. The van der Waals surface area contributed by atoms with Gasteiger partial charge in [0.05, 0.1) is 24.6 Å². The summed E-state index contributed by atoms with van der Waals surface area (Å²) in [5.41, 5.74) is 3.85. The molecule has 0 fully saturated rings. The van der Waals surface area contributed by atoms with Crippen LogP contribution in [-0.4, -0.2) is 22.0 Å². The molecule has 20 heavy (non-hydrogen) atoms. The zero-order valence-electron chi connectivity index (χ0n) is 12.6. The molecule has 0 saturated heterocycles. The quantitative estimate of drug-likeness (QED) is 0.911. The largest absolute Gasteiger partial charge is 0.496 e. The van der Waals surface area contributed by atoms with E-state index in [-0.39, 0.29) is 0 Å². The average Bonchev–Trinajstić information content (AvgIpc) is 2.89. The Morgan fingerprint density at radius 2 is 2.05 bits per heavy atom. The summed E-state index contributed by atoms with van der Waals surface area (Å²) >= 11 is 0. The number of aromatic nitrogens is 2. The lowest BCUT2D eigenvalue weighted by atomic mass is 10.1. The molecule has 2 rings (SSSR count). The number of aliphatic hydroxyl groups excluding tert-OH is 1. The summed E-state index contributed by atoms with van der Waals surface area (Å²) in [7, 11) is 1.62. The lowest BCUT2D eigenvalue weighted by molar-refractivity contribution is 0.194. The summed E-state index contributed by atoms with van der Waals surface area (Å²) in [5, 5.41) is 14.7. The Kier molecular flexibility index (Phi) is 4.45. The number of methoxy groups -OCH3 is 1. The maximum Gasteiger partial charge on any atom is 0.126 e. The first kappa shape index (κ1) is 14.6. The van der Waals surface area contributed by atoms with E-state index in [1.54, 1.807) is 14.0 Å². The predicted octanol–water partition coefficient (Wildman–Crippen LogP) is 3.06. The number of ether oxygens (including phenoxy) is 1. The van der Waals surface area contributed by atoms with Crippen molar-refractivity contribution in [1.29, 1.82) is 0 Å². The van der Waals surface area contributed by atoms with E-state index in [0.717, 1.165) is 35.5 Å². The molecule has 1 aromatic heterocycles. The number of aryl methyl sites for hydroxylation is 2. The molecule has 0 radical (unpaired) electrons. The lowest BCUT2D eigenvalue weighted by Crippen LogP contribution is -2.08. The van der Waals surface area contributed by atoms with Crippen molar-refractivity contribution in [3.05, 3.63) is 41.2 Å². The van der Waals surface area contributed by atoms with Crippen LogP contribution in [0.3, 0.4) is 0 Å². The zero-order valence-corrected chi connectivity index (χ0v) is 12.6. The summed E-state index contributed by atoms with van der Waals surface area (Å²) in [5.74, 6) is 0.688. The highest BCUT2D eigenvalue weighted by Gasteiger charge is 2.18. The Bertz CT molecular complexity index is 588. The molecular weight excluding hydrogens is 252 g/mol. The molecule has 0 saturated carbocycles. The minimum Gasteiger partial charge on any atom is -0.496 e. The number of hydrogen-bond acceptors (Lipinski definition) is 3. The Morgan fingerprint density at radius 1 is 1.30 bits per heavy atom. The maximum atomic E-state index is 10.1. The second kappa shape index (κ2) is 6.09.